The lowest BCUT2D eigenvalue weighted by Crippen LogP contribution is -2.20. The number of amides is 1. The Bertz CT molecular complexity index is 778. The summed E-state index contributed by atoms with van der Waals surface area (Å²) in [5, 5.41) is 2.71. The third-order valence-electron chi connectivity index (χ3n) is 3.50. The van der Waals surface area contributed by atoms with Gasteiger partial charge in [-0.05, 0) is 18.2 Å². The molecule has 0 aliphatic heterocycles. The summed E-state index contributed by atoms with van der Waals surface area (Å²) in [5.41, 5.74) is 1.12. The molecule has 0 aliphatic carbocycles. The number of ether oxygens (including phenoxy) is 3. The average molecular weight is 363 g/mol. The standard InChI is InChI=1S/C19H19F2NO4/c1-24-15-8-4-3-6-14(15)12-22-17(23)11-10-13-7-5-9-16(25-2)18(13)26-19(20)21/h3-11,19H,12H2,1-2H3,(H,22,23)/b11-10+. The second kappa shape index (κ2) is 9.41. The predicted octanol–water partition coefficient (Wildman–Crippen LogP) is 3.63. The van der Waals surface area contributed by atoms with Crippen LogP contribution in [0.2, 0.25) is 0 Å². The molecule has 0 atom stereocenters. The first-order chi connectivity index (χ1) is 12.5. The van der Waals surface area contributed by atoms with Gasteiger partial charge in [-0.3, -0.25) is 4.79 Å². The number of benzene rings is 2. The number of carbonyl (C=O) groups is 1. The fraction of sp³-hybridized carbons (Fsp3) is 0.211. The van der Waals surface area contributed by atoms with Gasteiger partial charge in [-0.25, -0.2) is 0 Å². The van der Waals surface area contributed by atoms with E-state index >= 15 is 0 Å². The number of para-hydroxylation sites is 2. The van der Waals surface area contributed by atoms with E-state index in [1.54, 1.807) is 25.3 Å². The van der Waals surface area contributed by atoms with Crippen molar-refractivity contribution in [2.24, 2.45) is 0 Å². The third kappa shape index (κ3) is 5.20. The lowest BCUT2D eigenvalue weighted by molar-refractivity contribution is -0.116. The minimum Gasteiger partial charge on any atom is -0.496 e. The van der Waals surface area contributed by atoms with Crippen molar-refractivity contribution in [2.75, 3.05) is 14.2 Å². The Morgan fingerprint density at radius 2 is 1.77 bits per heavy atom. The van der Waals surface area contributed by atoms with Crippen LogP contribution in [0.25, 0.3) is 6.08 Å². The highest BCUT2D eigenvalue weighted by Crippen LogP contribution is 2.33. The quantitative estimate of drug-likeness (QED) is 0.728. The zero-order chi connectivity index (χ0) is 18.9. The van der Waals surface area contributed by atoms with Gasteiger partial charge in [0.05, 0.1) is 14.2 Å². The molecule has 0 fully saturated rings. The van der Waals surface area contributed by atoms with Gasteiger partial charge in [0.1, 0.15) is 5.75 Å². The van der Waals surface area contributed by atoms with Crippen LogP contribution in [0.3, 0.4) is 0 Å². The highest BCUT2D eigenvalue weighted by molar-refractivity contribution is 5.92. The summed E-state index contributed by atoms with van der Waals surface area (Å²) in [6.07, 6.45) is 2.63. The second-order valence-corrected chi connectivity index (χ2v) is 5.12. The van der Waals surface area contributed by atoms with Crippen molar-refractivity contribution < 1.29 is 27.8 Å². The zero-order valence-electron chi connectivity index (χ0n) is 14.4. The van der Waals surface area contributed by atoms with Gasteiger partial charge in [0, 0.05) is 23.7 Å². The Morgan fingerprint density at radius 1 is 1.08 bits per heavy atom. The fourth-order valence-corrected chi connectivity index (χ4v) is 2.30. The number of hydrogen-bond acceptors (Lipinski definition) is 4. The number of halogens is 2. The van der Waals surface area contributed by atoms with Crippen LogP contribution in [-0.2, 0) is 11.3 Å². The lowest BCUT2D eigenvalue weighted by Gasteiger charge is -2.12. The van der Waals surface area contributed by atoms with Crippen molar-refractivity contribution in [1.29, 1.82) is 0 Å². The highest BCUT2D eigenvalue weighted by Gasteiger charge is 2.14. The summed E-state index contributed by atoms with van der Waals surface area (Å²) in [7, 11) is 2.90. The molecule has 2 aromatic carbocycles. The monoisotopic (exact) mass is 363 g/mol. The largest absolute Gasteiger partial charge is 0.496 e. The number of methoxy groups -OCH3 is 2. The molecule has 0 unspecified atom stereocenters. The second-order valence-electron chi connectivity index (χ2n) is 5.12. The van der Waals surface area contributed by atoms with Gasteiger partial charge >= 0.3 is 6.61 Å². The summed E-state index contributed by atoms with van der Waals surface area (Å²) in [4.78, 5) is 12.0. The van der Waals surface area contributed by atoms with Gasteiger partial charge in [-0.15, -0.1) is 0 Å². The molecule has 0 bridgehead atoms. The molecule has 0 heterocycles. The SMILES string of the molecule is COc1ccccc1CNC(=O)/C=C/c1cccc(OC)c1OC(F)F. The Balaban J connectivity index is 2.08. The van der Waals surface area contributed by atoms with Gasteiger partial charge < -0.3 is 19.5 Å². The molecule has 7 heteroatoms. The highest BCUT2D eigenvalue weighted by atomic mass is 19.3. The Kier molecular flexibility index (Phi) is 6.96. The third-order valence-corrected chi connectivity index (χ3v) is 3.50. The summed E-state index contributed by atoms with van der Waals surface area (Å²) in [5.74, 6) is 0.305. The minimum atomic E-state index is -3.00. The van der Waals surface area contributed by atoms with Crippen LogP contribution in [0, 0.1) is 0 Å². The number of nitrogens with one attached hydrogen (secondary N) is 1. The van der Waals surface area contributed by atoms with Crippen molar-refractivity contribution in [3.05, 3.63) is 59.7 Å². The van der Waals surface area contributed by atoms with E-state index in [1.165, 1.54) is 25.3 Å². The number of alkyl halides is 2. The van der Waals surface area contributed by atoms with Crippen molar-refractivity contribution in [1.82, 2.24) is 5.32 Å². The first-order valence-electron chi connectivity index (χ1n) is 7.74. The van der Waals surface area contributed by atoms with E-state index in [2.05, 4.69) is 10.1 Å². The summed E-state index contributed by atoms with van der Waals surface area (Å²) < 4.78 is 39.9. The van der Waals surface area contributed by atoms with Crippen LogP contribution in [0.5, 0.6) is 17.2 Å². The molecule has 0 aliphatic rings. The van der Waals surface area contributed by atoms with Crippen LogP contribution in [0.15, 0.2) is 48.5 Å². The average Bonchev–Trinajstić information content (AvgIpc) is 2.65. The minimum absolute atomic E-state index is 0.126. The molecule has 2 aromatic rings. The molecule has 1 N–H and O–H groups in total. The van der Waals surface area contributed by atoms with Crippen LogP contribution < -0.4 is 19.5 Å². The number of carbonyl (C=O) groups excluding carboxylic acids is 1. The Hall–Kier alpha value is -3.09. The predicted molar refractivity (Wildman–Crippen MR) is 93.5 cm³/mol. The van der Waals surface area contributed by atoms with Gasteiger partial charge in [0.15, 0.2) is 11.5 Å². The van der Waals surface area contributed by atoms with Crippen LogP contribution in [-0.4, -0.2) is 26.7 Å². The van der Waals surface area contributed by atoms with E-state index in [1.807, 2.05) is 18.2 Å². The summed E-state index contributed by atoms with van der Waals surface area (Å²) in [6, 6.07) is 12.0. The molecule has 0 radical (unpaired) electrons. The maximum atomic E-state index is 12.6. The smallest absolute Gasteiger partial charge is 0.387 e. The van der Waals surface area contributed by atoms with Crippen molar-refractivity contribution in [3.8, 4) is 17.2 Å². The number of hydrogen-bond donors (Lipinski definition) is 1. The van der Waals surface area contributed by atoms with E-state index in [4.69, 9.17) is 9.47 Å². The molecule has 0 aromatic heterocycles. The topological polar surface area (TPSA) is 56.8 Å². The maximum absolute atomic E-state index is 12.6. The van der Waals surface area contributed by atoms with E-state index in [9.17, 15) is 13.6 Å². The van der Waals surface area contributed by atoms with Crippen LogP contribution in [0.1, 0.15) is 11.1 Å². The molecule has 0 saturated heterocycles. The normalized spacial score (nSPS) is 10.8. The van der Waals surface area contributed by atoms with E-state index in [-0.39, 0.29) is 24.0 Å². The van der Waals surface area contributed by atoms with Gasteiger partial charge in [0.2, 0.25) is 5.91 Å². The van der Waals surface area contributed by atoms with Gasteiger partial charge in [0.25, 0.3) is 0 Å². The fourth-order valence-electron chi connectivity index (χ4n) is 2.30. The molecular formula is C19H19F2NO4. The molecule has 2 rings (SSSR count). The molecule has 138 valence electrons. The van der Waals surface area contributed by atoms with Crippen LogP contribution in [0.4, 0.5) is 8.78 Å². The molecule has 1 amide bonds. The lowest BCUT2D eigenvalue weighted by atomic mass is 10.1. The Labute approximate surface area is 150 Å². The number of rotatable bonds is 8. The Morgan fingerprint density at radius 3 is 2.46 bits per heavy atom. The van der Waals surface area contributed by atoms with Gasteiger partial charge in [-0.2, -0.15) is 8.78 Å². The first kappa shape index (κ1) is 19.2. The zero-order valence-corrected chi connectivity index (χ0v) is 14.4. The molecule has 0 spiro atoms. The summed E-state index contributed by atoms with van der Waals surface area (Å²) in [6.45, 7) is -2.73. The molecular weight excluding hydrogens is 344 g/mol. The molecule has 26 heavy (non-hydrogen) atoms. The molecule has 0 saturated carbocycles. The first-order valence-corrected chi connectivity index (χ1v) is 7.74. The van der Waals surface area contributed by atoms with E-state index < -0.39 is 6.61 Å². The van der Waals surface area contributed by atoms with Crippen molar-refractivity contribution >= 4 is 12.0 Å². The molecule has 5 nitrogen and oxygen atoms in total. The maximum Gasteiger partial charge on any atom is 0.387 e. The van der Waals surface area contributed by atoms with Gasteiger partial charge in [-0.1, -0.05) is 30.3 Å². The van der Waals surface area contributed by atoms with Crippen LogP contribution >= 0.6 is 0 Å². The summed E-state index contributed by atoms with van der Waals surface area (Å²) >= 11 is 0. The van der Waals surface area contributed by atoms with Crippen molar-refractivity contribution in [3.63, 3.8) is 0 Å². The van der Waals surface area contributed by atoms with E-state index in [0.717, 1.165) is 5.56 Å². The van der Waals surface area contributed by atoms with E-state index in [0.29, 0.717) is 11.3 Å². The van der Waals surface area contributed by atoms with Crippen molar-refractivity contribution in [2.45, 2.75) is 13.2 Å².